The Balaban J connectivity index is 3.03. The molecular weight excluding hydrogens is 200 g/mol. The molecule has 1 N–H and O–H groups in total. The van der Waals surface area contributed by atoms with Crippen LogP contribution >= 0.6 is 0 Å². The SMILES string of the molecule is C=CCOC1(O)CC=C(C)C=C1C(C)(C)C. The van der Waals surface area contributed by atoms with E-state index < -0.39 is 5.79 Å². The first kappa shape index (κ1) is 13.2. The van der Waals surface area contributed by atoms with Crippen LogP contribution in [0.1, 0.15) is 34.1 Å². The number of hydrogen-bond acceptors (Lipinski definition) is 2. The molecule has 0 aliphatic heterocycles. The van der Waals surface area contributed by atoms with E-state index in [2.05, 4.69) is 27.4 Å². The molecule has 1 aliphatic rings. The lowest BCUT2D eigenvalue weighted by Gasteiger charge is -2.39. The van der Waals surface area contributed by atoms with Gasteiger partial charge in [-0.2, -0.15) is 0 Å². The van der Waals surface area contributed by atoms with Gasteiger partial charge in [-0.15, -0.1) is 6.58 Å². The average Bonchev–Trinajstić information content (AvgIpc) is 2.18. The Morgan fingerprint density at radius 3 is 2.69 bits per heavy atom. The quantitative estimate of drug-likeness (QED) is 0.587. The van der Waals surface area contributed by atoms with Gasteiger partial charge >= 0.3 is 0 Å². The second-order valence-electron chi connectivity index (χ2n) is 5.34. The minimum atomic E-state index is -1.17. The van der Waals surface area contributed by atoms with Crippen molar-refractivity contribution in [2.24, 2.45) is 5.41 Å². The number of ether oxygens (including phenoxy) is 1. The van der Waals surface area contributed by atoms with Gasteiger partial charge in [-0.05, 0) is 17.9 Å². The van der Waals surface area contributed by atoms with Crippen LogP contribution in [-0.4, -0.2) is 17.5 Å². The van der Waals surface area contributed by atoms with Crippen LogP contribution in [0.25, 0.3) is 0 Å². The van der Waals surface area contributed by atoms with Gasteiger partial charge in [0.05, 0.1) is 6.61 Å². The largest absolute Gasteiger partial charge is 0.362 e. The van der Waals surface area contributed by atoms with Gasteiger partial charge in [0, 0.05) is 6.42 Å². The second-order valence-corrected chi connectivity index (χ2v) is 5.34. The van der Waals surface area contributed by atoms with Crippen LogP contribution in [0.4, 0.5) is 0 Å². The molecule has 0 radical (unpaired) electrons. The van der Waals surface area contributed by atoms with E-state index in [0.29, 0.717) is 13.0 Å². The van der Waals surface area contributed by atoms with E-state index in [1.807, 2.05) is 19.1 Å². The van der Waals surface area contributed by atoms with Gasteiger partial charge in [-0.1, -0.05) is 44.6 Å². The summed E-state index contributed by atoms with van der Waals surface area (Å²) in [5, 5.41) is 10.5. The molecule has 2 heteroatoms. The molecule has 0 aromatic heterocycles. The van der Waals surface area contributed by atoms with Gasteiger partial charge < -0.3 is 9.84 Å². The van der Waals surface area contributed by atoms with Crippen LogP contribution in [0.5, 0.6) is 0 Å². The average molecular weight is 222 g/mol. The number of aliphatic hydroxyl groups is 1. The highest BCUT2D eigenvalue weighted by Crippen LogP contribution is 2.40. The molecule has 0 heterocycles. The Labute approximate surface area is 98.3 Å². The van der Waals surface area contributed by atoms with E-state index in [1.54, 1.807) is 6.08 Å². The molecule has 1 rings (SSSR count). The Bertz CT molecular complexity index is 331. The molecule has 0 aromatic rings. The highest BCUT2D eigenvalue weighted by molar-refractivity contribution is 5.35. The molecule has 1 aliphatic carbocycles. The van der Waals surface area contributed by atoms with Crippen molar-refractivity contribution in [2.75, 3.05) is 6.61 Å². The summed E-state index contributed by atoms with van der Waals surface area (Å²) in [6.45, 7) is 12.3. The Kier molecular flexibility index (Phi) is 3.76. The monoisotopic (exact) mass is 222 g/mol. The number of hydrogen-bond donors (Lipinski definition) is 1. The van der Waals surface area contributed by atoms with E-state index in [1.165, 1.54) is 5.57 Å². The van der Waals surface area contributed by atoms with Gasteiger partial charge in [-0.3, -0.25) is 0 Å². The summed E-state index contributed by atoms with van der Waals surface area (Å²) in [5.74, 6) is -1.17. The van der Waals surface area contributed by atoms with Crippen molar-refractivity contribution in [3.05, 3.63) is 36.0 Å². The van der Waals surface area contributed by atoms with Crippen LogP contribution in [0.15, 0.2) is 36.0 Å². The van der Waals surface area contributed by atoms with Crippen LogP contribution in [-0.2, 0) is 4.74 Å². The smallest absolute Gasteiger partial charge is 0.192 e. The van der Waals surface area contributed by atoms with Crippen LogP contribution in [0.3, 0.4) is 0 Å². The summed E-state index contributed by atoms with van der Waals surface area (Å²) >= 11 is 0. The minimum absolute atomic E-state index is 0.106. The molecule has 0 saturated heterocycles. The molecule has 16 heavy (non-hydrogen) atoms. The van der Waals surface area contributed by atoms with E-state index in [-0.39, 0.29) is 5.41 Å². The molecule has 0 amide bonds. The van der Waals surface area contributed by atoms with E-state index in [0.717, 1.165) is 5.57 Å². The zero-order valence-corrected chi connectivity index (χ0v) is 10.7. The van der Waals surface area contributed by atoms with Crippen molar-refractivity contribution in [2.45, 2.75) is 39.9 Å². The molecule has 0 aromatic carbocycles. The summed E-state index contributed by atoms with van der Waals surface area (Å²) in [6.07, 6.45) is 6.18. The fourth-order valence-corrected chi connectivity index (χ4v) is 1.94. The van der Waals surface area contributed by atoms with Gasteiger partial charge in [0.15, 0.2) is 5.79 Å². The van der Waals surface area contributed by atoms with Crippen molar-refractivity contribution in [1.29, 1.82) is 0 Å². The van der Waals surface area contributed by atoms with Crippen LogP contribution in [0.2, 0.25) is 0 Å². The van der Waals surface area contributed by atoms with Crippen molar-refractivity contribution in [1.82, 2.24) is 0 Å². The highest BCUT2D eigenvalue weighted by atomic mass is 16.6. The summed E-state index contributed by atoms with van der Waals surface area (Å²) in [7, 11) is 0. The van der Waals surface area contributed by atoms with E-state index in [9.17, 15) is 5.11 Å². The zero-order valence-electron chi connectivity index (χ0n) is 10.7. The van der Waals surface area contributed by atoms with Gasteiger partial charge in [-0.25, -0.2) is 0 Å². The predicted molar refractivity (Wildman–Crippen MR) is 67.0 cm³/mol. The van der Waals surface area contributed by atoms with Crippen LogP contribution in [0, 0.1) is 5.41 Å². The summed E-state index contributed by atoms with van der Waals surface area (Å²) in [6, 6.07) is 0. The first-order chi connectivity index (χ1) is 7.29. The highest BCUT2D eigenvalue weighted by Gasteiger charge is 2.39. The van der Waals surface area contributed by atoms with E-state index in [4.69, 9.17) is 4.74 Å². The fourth-order valence-electron chi connectivity index (χ4n) is 1.94. The lowest BCUT2D eigenvalue weighted by Crippen LogP contribution is -2.41. The zero-order chi connectivity index (χ0) is 12.4. The van der Waals surface area contributed by atoms with Crippen molar-refractivity contribution >= 4 is 0 Å². The third kappa shape index (κ3) is 2.83. The Morgan fingerprint density at radius 2 is 2.19 bits per heavy atom. The predicted octanol–water partition coefficient (Wildman–Crippen LogP) is 3.20. The van der Waals surface area contributed by atoms with E-state index >= 15 is 0 Å². The molecule has 1 unspecified atom stereocenters. The Hall–Kier alpha value is -0.860. The molecular formula is C14H22O2. The first-order valence-electron chi connectivity index (χ1n) is 5.66. The topological polar surface area (TPSA) is 29.5 Å². The molecule has 0 fully saturated rings. The van der Waals surface area contributed by atoms with Gasteiger partial charge in [0.2, 0.25) is 0 Å². The van der Waals surface area contributed by atoms with Crippen molar-refractivity contribution < 1.29 is 9.84 Å². The maximum Gasteiger partial charge on any atom is 0.192 e. The lowest BCUT2D eigenvalue weighted by molar-refractivity contribution is -0.173. The lowest BCUT2D eigenvalue weighted by atomic mass is 9.77. The van der Waals surface area contributed by atoms with Crippen molar-refractivity contribution in [3.63, 3.8) is 0 Å². The van der Waals surface area contributed by atoms with Gasteiger partial charge in [0.1, 0.15) is 0 Å². The number of allylic oxidation sites excluding steroid dienone is 2. The van der Waals surface area contributed by atoms with Gasteiger partial charge in [0.25, 0.3) is 0 Å². The Morgan fingerprint density at radius 1 is 1.56 bits per heavy atom. The fraction of sp³-hybridized carbons (Fsp3) is 0.571. The molecule has 90 valence electrons. The van der Waals surface area contributed by atoms with Crippen LogP contribution < -0.4 is 0 Å². The molecule has 0 saturated carbocycles. The maximum atomic E-state index is 10.5. The second kappa shape index (κ2) is 4.56. The normalized spacial score (nSPS) is 26.1. The maximum absolute atomic E-state index is 10.5. The molecule has 0 bridgehead atoms. The molecule has 0 spiro atoms. The number of rotatable bonds is 3. The third-order valence-electron chi connectivity index (χ3n) is 2.74. The standard InChI is InChI=1S/C14H22O2/c1-6-9-16-14(15)8-7-11(2)10-12(14)13(3,4)5/h6-7,10,15H,1,8-9H2,2-5H3. The summed E-state index contributed by atoms with van der Waals surface area (Å²) < 4.78 is 5.53. The molecule has 2 nitrogen and oxygen atoms in total. The molecule has 1 atom stereocenters. The first-order valence-corrected chi connectivity index (χ1v) is 5.66. The minimum Gasteiger partial charge on any atom is -0.362 e. The summed E-state index contributed by atoms with van der Waals surface area (Å²) in [4.78, 5) is 0. The third-order valence-corrected chi connectivity index (χ3v) is 2.74. The van der Waals surface area contributed by atoms with Crippen molar-refractivity contribution in [3.8, 4) is 0 Å². The summed E-state index contributed by atoms with van der Waals surface area (Å²) in [5.41, 5.74) is 2.00.